The molecule has 2 rings (SSSR count). The first-order valence-corrected chi connectivity index (χ1v) is 6.49. The normalized spacial score (nSPS) is 14.0. The van der Waals surface area contributed by atoms with Crippen LogP contribution in [-0.2, 0) is 20.9 Å². The van der Waals surface area contributed by atoms with Gasteiger partial charge in [-0.3, -0.25) is 19.4 Å². The maximum absolute atomic E-state index is 12.4. The van der Waals surface area contributed by atoms with Gasteiger partial charge < -0.3 is 9.47 Å². The van der Waals surface area contributed by atoms with Gasteiger partial charge in [-0.05, 0) is 13.0 Å². The zero-order chi connectivity index (χ0) is 15.6. The van der Waals surface area contributed by atoms with Crippen LogP contribution in [-0.4, -0.2) is 29.6 Å². The van der Waals surface area contributed by atoms with Crippen LogP contribution in [0.25, 0.3) is 0 Å². The Morgan fingerprint density at radius 3 is 2.62 bits per heavy atom. The summed E-state index contributed by atoms with van der Waals surface area (Å²) in [4.78, 5) is 40.0. The van der Waals surface area contributed by atoms with Gasteiger partial charge in [-0.1, -0.05) is 6.92 Å². The van der Waals surface area contributed by atoms with Gasteiger partial charge in [0.1, 0.15) is 6.61 Å². The van der Waals surface area contributed by atoms with Crippen LogP contribution in [0.1, 0.15) is 46.7 Å². The number of methoxy groups -OCH3 is 1. The Balaban J connectivity index is 2.46. The summed E-state index contributed by atoms with van der Waals surface area (Å²) >= 11 is 0. The SMILES string of the molecule is CCC(=O)OCc1nccc2c1C(=O)C(OC)=C(C)C2=O. The molecular formula is C15H15NO5. The lowest BCUT2D eigenvalue weighted by atomic mass is 9.88. The van der Waals surface area contributed by atoms with Crippen molar-refractivity contribution in [1.29, 1.82) is 0 Å². The minimum atomic E-state index is -0.416. The molecule has 1 aliphatic rings. The number of esters is 1. The van der Waals surface area contributed by atoms with E-state index in [0.29, 0.717) is 0 Å². The van der Waals surface area contributed by atoms with Crippen LogP contribution >= 0.6 is 0 Å². The fraction of sp³-hybridized carbons (Fsp3) is 0.333. The zero-order valence-corrected chi connectivity index (χ0v) is 12.1. The zero-order valence-electron chi connectivity index (χ0n) is 12.1. The van der Waals surface area contributed by atoms with Crippen LogP contribution in [0.5, 0.6) is 0 Å². The summed E-state index contributed by atoms with van der Waals surface area (Å²) in [6.07, 6.45) is 1.65. The number of carbonyl (C=O) groups excluding carboxylic acids is 3. The summed E-state index contributed by atoms with van der Waals surface area (Å²) in [6, 6.07) is 1.48. The number of rotatable bonds is 4. The third-order valence-electron chi connectivity index (χ3n) is 3.25. The van der Waals surface area contributed by atoms with E-state index in [1.165, 1.54) is 19.4 Å². The quantitative estimate of drug-likeness (QED) is 0.786. The Labute approximate surface area is 121 Å². The predicted octanol–water partition coefficient (Wildman–Crippen LogP) is 1.83. The Morgan fingerprint density at radius 1 is 1.29 bits per heavy atom. The number of ether oxygens (including phenoxy) is 2. The van der Waals surface area contributed by atoms with E-state index in [0.717, 1.165) is 0 Å². The molecule has 0 bridgehead atoms. The van der Waals surface area contributed by atoms with Gasteiger partial charge in [0.2, 0.25) is 5.78 Å². The van der Waals surface area contributed by atoms with Crippen molar-refractivity contribution in [3.63, 3.8) is 0 Å². The van der Waals surface area contributed by atoms with Crippen molar-refractivity contribution in [3.05, 3.63) is 40.4 Å². The molecule has 21 heavy (non-hydrogen) atoms. The highest BCUT2D eigenvalue weighted by Crippen LogP contribution is 2.28. The van der Waals surface area contributed by atoms with Gasteiger partial charge in [0.05, 0.1) is 18.4 Å². The smallest absolute Gasteiger partial charge is 0.305 e. The molecule has 1 aromatic rings. The lowest BCUT2D eigenvalue weighted by molar-refractivity contribution is -0.144. The molecule has 0 radical (unpaired) electrons. The van der Waals surface area contributed by atoms with Gasteiger partial charge in [-0.2, -0.15) is 0 Å². The molecule has 0 saturated heterocycles. The van der Waals surface area contributed by atoms with Crippen LogP contribution in [0.3, 0.4) is 0 Å². The van der Waals surface area contributed by atoms with Gasteiger partial charge in [-0.25, -0.2) is 0 Å². The third kappa shape index (κ3) is 2.56. The lowest BCUT2D eigenvalue weighted by Crippen LogP contribution is -2.24. The van der Waals surface area contributed by atoms with Crippen LogP contribution in [0.15, 0.2) is 23.6 Å². The van der Waals surface area contributed by atoms with E-state index in [4.69, 9.17) is 9.47 Å². The fourth-order valence-corrected chi connectivity index (χ4v) is 2.14. The first kappa shape index (κ1) is 14.9. The van der Waals surface area contributed by atoms with Crippen LogP contribution in [0.2, 0.25) is 0 Å². The maximum atomic E-state index is 12.4. The molecule has 0 atom stereocenters. The number of pyridine rings is 1. The van der Waals surface area contributed by atoms with Crippen molar-refractivity contribution < 1.29 is 23.9 Å². The van der Waals surface area contributed by atoms with Crippen molar-refractivity contribution in [3.8, 4) is 0 Å². The topological polar surface area (TPSA) is 82.6 Å². The molecule has 0 spiro atoms. The van der Waals surface area contributed by atoms with Crippen molar-refractivity contribution in [1.82, 2.24) is 4.98 Å². The Kier molecular flexibility index (Phi) is 4.16. The summed E-state index contributed by atoms with van der Waals surface area (Å²) in [7, 11) is 1.34. The number of aromatic nitrogens is 1. The number of ketones is 2. The number of carbonyl (C=O) groups is 3. The average Bonchev–Trinajstić information content (AvgIpc) is 2.50. The molecular weight excluding hydrogens is 274 g/mol. The lowest BCUT2D eigenvalue weighted by Gasteiger charge is -2.19. The Morgan fingerprint density at radius 2 is 2.00 bits per heavy atom. The van der Waals surface area contributed by atoms with E-state index in [2.05, 4.69) is 4.98 Å². The van der Waals surface area contributed by atoms with E-state index in [9.17, 15) is 14.4 Å². The first-order chi connectivity index (χ1) is 10.0. The minimum Gasteiger partial charge on any atom is -0.492 e. The number of Topliss-reactive ketones (excluding diaryl/α,β-unsaturated/α-hetero) is 2. The molecule has 0 unspecified atom stereocenters. The maximum Gasteiger partial charge on any atom is 0.305 e. The monoisotopic (exact) mass is 289 g/mol. The van der Waals surface area contributed by atoms with Gasteiger partial charge in [0, 0.05) is 23.8 Å². The molecule has 0 fully saturated rings. The van der Waals surface area contributed by atoms with E-state index >= 15 is 0 Å². The van der Waals surface area contributed by atoms with Gasteiger partial charge >= 0.3 is 5.97 Å². The van der Waals surface area contributed by atoms with Crippen molar-refractivity contribution >= 4 is 17.5 Å². The van der Waals surface area contributed by atoms with Gasteiger partial charge in [0.25, 0.3) is 0 Å². The Hall–Kier alpha value is -2.50. The molecule has 6 heteroatoms. The summed E-state index contributed by atoms with van der Waals surface area (Å²) in [6.45, 7) is 3.06. The van der Waals surface area contributed by atoms with Crippen LogP contribution < -0.4 is 0 Å². The van der Waals surface area contributed by atoms with Crippen LogP contribution in [0, 0.1) is 0 Å². The summed E-state index contributed by atoms with van der Waals surface area (Å²) < 4.78 is 10.0. The first-order valence-electron chi connectivity index (χ1n) is 6.49. The number of fused-ring (bicyclic) bond motifs is 1. The standard InChI is InChI=1S/C15H15NO5/c1-4-11(17)21-7-10-12-9(5-6-16-10)13(18)8(2)15(20-3)14(12)19/h5-6H,4,7H2,1-3H3. The van der Waals surface area contributed by atoms with Crippen molar-refractivity contribution in [2.24, 2.45) is 0 Å². The number of nitrogens with zero attached hydrogens (tertiary/aromatic N) is 1. The molecule has 0 N–H and O–H groups in total. The second-order valence-electron chi connectivity index (χ2n) is 4.51. The highest BCUT2D eigenvalue weighted by atomic mass is 16.5. The molecule has 1 heterocycles. The summed E-state index contributed by atoms with van der Waals surface area (Å²) in [5.74, 6) is -1.10. The number of allylic oxidation sites excluding steroid dienone is 2. The molecule has 0 aliphatic heterocycles. The summed E-state index contributed by atoms with van der Waals surface area (Å²) in [5.41, 5.74) is 0.928. The molecule has 0 aromatic carbocycles. The van der Waals surface area contributed by atoms with E-state index in [1.807, 2.05) is 0 Å². The third-order valence-corrected chi connectivity index (χ3v) is 3.25. The van der Waals surface area contributed by atoms with E-state index < -0.39 is 11.8 Å². The second kappa shape index (κ2) is 5.87. The van der Waals surface area contributed by atoms with E-state index in [-0.39, 0.29) is 47.0 Å². The molecule has 0 saturated carbocycles. The number of hydrogen-bond donors (Lipinski definition) is 0. The van der Waals surface area contributed by atoms with Gasteiger partial charge in [-0.15, -0.1) is 0 Å². The van der Waals surface area contributed by atoms with E-state index in [1.54, 1.807) is 13.8 Å². The predicted molar refractivity (Wildman–Crippen MR) is 72.7 cm³/mol. The van der Waals surface area contributed by atoms with Crippen molar-refractivity contribution in [2.75, 3.05) is 7.11 Å². The largest absolute Gasteiger partial charge is 0.492 e. The molecule has 6 nitrogen and oxygen atoms in total. The molecule has 1 aromatic heterocycles. The van der Waals surface area contributed by atoms with Crippen LogP contribution in [0.4, 0.5) is 0 Å². The molecule has 1 aliphatic carbocycles. The molecule has 0 amide bonds. The van der Waals surface area contributed by atoms with Crippen molar-refractivity contribution in [2.45, 2.75) is 26.9 Å². The average molecular weight is 289 g/mol. The summed E-state index contributed by atoms with van der Waals surface area (Å²) in [5, 5.41) is 0. The molecule has 110 valence electrons. The van der Waals surface area contributed by atoms with Gasteiger partial charge in [0.15, 0.2) is 11.5 Å². The Bertz CT molecular complexity index is 660. The highest BCUT2D eigenvalue weighted by Gasteiger charge is 2.33. The highest BCUT2D eigenvalue weighted by molar-refractivity contribution is 6.26. The number of hydrogen-bond acceptors (Lipinski definition) is 6. The second-order valence-corrected chi connectivity index (χ2v) is 4.51. The minimum absolute atomic E-state index is 0.00330. The fourth-order valence-electron chi connectivity index (χ4n) is 2.14.